The highest BCUT2D eigenvalue weighted by atomic mass is 16.3. The van der Waals surface area contributed by atoms with Gasteiger partial charge in [0.25, 0.3) is 0 Å². The largest absolute Gasteiger partial charge is 0.395 e. The average molecular weight is 581 g/mol. The van der Waals surface area contributed by atoms with Crippen molar-refractivity contribution in [3.05, 3.63) is 0 Å². The second-order valence-electron chi connectivity index (χ2n) is 14.4. The van der Waals surface area contributed by atoms with Crippen LogP contribution in [0.1, 0.15) is 194 Å². The molecular formula is C37H72O4. The van der Waals surface area contributed by atoms with Gasteiger partial charge in [0.2, 0.25) is 0 Å². The summed E-state index contributed by atoms with van der Waals surface area (Å²) in [7, 11) is 0. The highest BCUT2D eigenvalue weighted by Gasteiger charge is 2.66. The molecule has 2 aliphatic rings. The maximum Gasteiger partial charge on any atom is 0.0831 e. The standard InChI is InChI=1S/C37H72O4/c1-3-5-7-9-11-13-15-23-29-36(40,30-24-16-14-12-10-8-6-4-2)35(31-38,32-39)37(41,33-25-19-17-20-26-33)34-27-21-18-22-28-34/h33-34,38-41H,3-32H2,1-2H3. The van der Waals surface area contributed by atoms with E-state index < -0.39 is 16.6 Å². The lowest BCUT2D eigenvalue weighted by Crippen LogP contribution is -2.71. The molecule has 2 fully saturated rings. The molecule has 2 saturated carbocycles. The molecule has 4 N–H and O–H groups in total. The van der Waals surface area contributed by atoms with E-state index in [-0.39, 0.29) is 25.0 Å². The molecule has 2 aliphatic carbocycles. The van der Waals surface area contributed by atoms with Gasteiger partial charge in [-0.3, -0.25) is 0 Å². The van der Waals surface area contributed by atoms with Gasteiger partial charge in [-0.15, -0.1) is 0 Å². The SMILES string of the molecule is CCCCCCCCCCC(O)(CCCCCCCCCC)C(CO)(CO)C(O)(C1CCCCC1)C1CCCCC1. The van der Waals surface area contributed by atoms with Crippen molar-refractivity contribution < 1.29 is 20.4 Å². The van der Waals surface area contributed by atoms with Crippen LogP contribution in [0.3, 0.4) is 0 Å². The number of aliphatic hydroxyl groups excluding tert-OH is 2. The molecule has 0 amide bonds. The van der Waals surface area contributed by atoms with Gasteiger partial charge in [-0.2, -0.15) is 0 Å². The van der Waals surface area contributed by atoms with Crippen LogP contribution in [0.15, 0.2) is 0 Å². The predicted octanol–water partition coefficient (Wildman–Crippen LogP) is 9.64. The Morgan fingerprint density at radius 3 is 1.10 bits per heavy atom. The number of rotatable bonds is 24. The summed E-state index contributed by atoms with van der Waals surface area (Å²) in [6, 6.07) is 0. The first-order valence-electron chi connectivity index (χ1n) is 18.6. The summed E-state index contributed by atoms with van der Waals surface area (Å²) in [6.07, 6.45) is 30.9. The van der Waals surface area contributed by atoms with E-state index in [9.17, 15) is 20.4 Å². The van der Waals surface area contributed by atoms with Gasteiger partial charge in [-0.25, -0.2) is 0 Å². The zero-order valence-corrected chi connectivity index (χ0v) is 27.7. The summed E-state index contributed by atoms with van der Waals surface area (Å²) in [5, 5.41) is 48.4. The van der Waals surface area contributed by atoms with E-state index >= 15 is 0 Å². The molecule has 0 aromatic heterocycles. The van der Waals surface area contributed by atoms with Crippen LogP contribution >= 0.6 is 0 Å². The van der Waals surface area contributed by atoms with Crippen LogP contribution < -0.4 is 0 Å². The molecule has 0 spiro atoms. The average Bonchev–Trinajstić information content (AvgIpc) is 3.01. The van der Waals surface area contributed by atoms with Gasteiger partial charge in [0, 0.05) is 0 Å². The molecule has 0 atom stereocenters. The van der Waals surface area contributed by atoms with Crippen molar-refractivity contribution in [2.24, 2.45) is 17.3 Å². The monoisotopic (exact) mass is 581 g/mol. The summed E-state index contributed by atoms with van der Waals surface area (Å²) in [6.45, 7) is 3.84. The lowest BCUT2D eigenvalue weighted by Gasteiger charge is -2.61. The Balaban J connectivity index is 2.25. The van der Waals surface area contributed by atoms with E-state index in [2.05, 4.69) is 13.8 Å². The Bertz CT molecular complexity index is 580. The lowest BCUT2D eigenvalue weighted by molar-refractivity contribution is -0.279. The Morgan fingerprint density at radius 2 is 0.780 bits per heavy atom. The van der Waals surface area contributed by atoms with Gasteiger partial charge in [0.1, 0.15) is 0 Å². The molecule has 0 heterocycles. The first-order valence-corrected chi connectivity index (χ1v) is 18.6. The highest BCUT2D eigenvalue weighted by molar-refractivity contribution is 5.15. The predicted molar refractivity (Wildman–Crippen MR) is 174 cm³/mol. The third kappa shape index (κ3) is 10.5. The number of hydrogen-bond acceptors (Lipinski definition) is 4. The van der Waals surface area contributed by atoms with Gasteiger partial charge in [0.05, 0.1) is 29.8 Å². The molecule has 0 unspecified atom stereocenters. The smallest absolute Gasteiger partial charge is 0.0831 e. The van der Waals surface area contributed by atoms with Gasteiger partial charge in [0.15, 0.2) is 0 Å². The van der Waals surface area contributed by atoms with E-state index in [1.54, 1.807) is 0 Å². The molecule has 0 bridgehead atoms. The highest BCUT2D eigenvalue weighted by Crippen LogP contribution is 2.57. The third-order valence-electron chi connectivity index (χ3n) is 11.5. The van der Waals surface area contributed by atoms with Crippen molar-refractivity contribution in [2.75, 3.05) is 13.2 Å². The zero-order valence-electron chi connectivity index (χ0n) is 27.7. The first kappa shape index (κ1) is 37.0. The summed E-state index contributed by atoms with van der Waals surface area (Å²) < 4.78 is 0. The fraction of sp³-hybridized carbons (Fsp3) is 1.00. The van der Waals surface area contributed by atoms with E-state index in [4.69, 9.17) is 0 Å². The van der Waals surface area contributed by atoms with Gasteiger partial charge >= 0.3 is 0 Å². The van der Waals surface area contributed by atoms with Crippen LogP contribution in [0.5, 0.6) is 0 Å². The van der Waals surface area contributed by atoms with E-state index in [0.29, 0.717) is 12.8 Å². The second kappa shape index (κ2) is 20.7. The summed E-state index contributed by atoms with van der Waals surface area (Å²) in [5.74, 6) is 0.0876. The van der Waals surface area contributed by atoms with Crippen molar-refractivity contribution in [3.8, 4) is 0 Å². The van der Waals surface area contributed by atoms with E-state index in [1.807, 2.05) is 0 Å². The molecule has 41 heavy (non-hydrogen) atoms. The number of unbranched alkanes of at least 4 members (excludes halogenated alkanes) is 14. The van der Waals surface area contributed by atoms with Crippen molar-refractivity contribution in [2.45, 2.75) is 205 Å². The minimum atomic E-state index is -1.29. The maximum atomic E-state index is 13.1. The number of hydrogen-bond donors (Lipinski definition) is 4. The third-order valence-corrected chi connectivity index (χ3v) is 11.5. The van der Waals surface area contributed by atoms with Gasteiger partial charge in [-0.05, 0) is 50.4 Å². The molecule has 244 valence electrons. The second-order valence-corrected chi connectivity index (χ2v) is 14.4. The lowest BCUT2D eigenvalue weighted by atomic mass is 9.49. The Labute approximate surface area is 255 Å². The summed E-state index contributed by atoms with van der Waals surface area (Å²) in [5.41, 5.74) is -3.77. The summed E-state index contributed by atoms with van der Waals surface area (Å²) in [4.78, 5) is 0. The minimum Gasteiger partial charge on any atom is -0.395 e. The molecular weight excluding hydrogens is 508 g/mol. The molecule has 4 nitrogen and oxygen atoms in total. The van der Waals surface area contributed by atoms with Gasteiger partial charge < -0.3 is 20.4 Å². The zero-order chi connectivity index (χ0) is 29.9. The van der Waals surface area contributed by atoms with Crippen molar-refractivity contribution in [1.82, 2.24) is 0 Å². The van der Waals surface area contributed by atoms with E-state index in [1.165, 1.54) is 89.9 Å². The van der Waals surface area contributed by atoms with Crippen molar-refractivity contribution in [3.63, 3.8) is 0 Å². The molecule has 0 aromatic carbocycles. The fourth-order valence-corrected chi connectivity index (χ4v) is 8.88. The molecule has 2 rings (SSSR count). The van der Waals surface area contributed by atoms with Crippen LogP contribution in [0, 0.1) is 17.3 Å². The Kier molecular flexibility index (Phi) is 18.7. The molecule has 0 radical (unpaired) electrons. The molecule has 0 saturated heterocycles. The normalized spacial score (nSPS) is 18.3. The van der Waals surface area contributed by atoms with E-state index in [0.717, 1.165) is 77.0 Å². The van der Waals surface area contributed by atoms with Crippen LogP contribution in [-0.2, 0) is 0 Å². The quantitative estimate of drug-likeness (QED) is 0.0857. The van der Waals surface area contributed by atoms with Crippen LogP contribution in [0.25, 0.3) is 0 Å². The fourth-order valence-electron chi connectivity index (χ4n) is 8.88. The number of aliphatic hydroxyl groups is 4. The topological polar surface area (TPSA) is 80.9 Å². The maximum absolute atomic E-state index is 13.1. The van der Waals surface area contributed by atoms with Crippen LogP contribution in [0.4, 0.5) is 0 Å². The first-order chi connectivity index (χ1) is 20.0. The van der Waals surface area contributed by atoms with Crippen molar-refractivity contribution >= 4 is 0 Å². The Morgan fingerprint density at radius 1 is 0.463 bits per heavy atom. The molecule has 4 heteroatoms. The van der Waals surface area contributed by atoms with Crippen LogP contribution in [-0.4, -0.2) is 44.8 Å². The minimum absolute atomic E-state index is 0.0438. The summed E-state index contributed by atoms with van der Waals surface area (Å²) >= 11 is 0. The molecule has 0 aliphatic heterocycles. The molecule has 0 aromatic rings. The van der Waals surface area contributed by atoms with Crippen LogP contribution in [0.2, 0.25) is 0 Å². The van der Waals surface area contributed by atoms with Gasteiger partial charge in [-0.1, -0.05) is 155 Å². The Hall–Kier alpha value is -0.160. The van der Waals surface area contributed by atoms with Crippen molar-refractivity contribution in [1.29, 1.82) is 0 Å².